The van der Waals surface area contributed by atoms with Crippen LogP contribution in [0.15, 0.2) is 0 Å². The van der Waals surface area contributed by atoms with E-state index in [1.807, 2.05) is 0 Å². The maximum atomic E-state index is 10.2. The Balaban J connectivity index is -0.000000180. The van der Waals surface area contributed by atoms with Crippen LogP contribution in [0.3, 0.4) is 0 Å². The summed E-state index contributed by atoms with van der Waals surface area (Å²) >= 11 is 0. The van der Waals surface area contributed by atoms with Crippen molar-refractivity contribution in [1.29, 1.82) is 0 Å². The molecule has 840 valence electrons. The molecule has 0 aliphatic heterocycles. The predicted molar refractivity (Wildman–Crippen MR) is 609 cm³/mol. The molecule has 0 spiro atoms. The number of rotatable bonds is 112. The Morgan fingerprint density at radius 2 is 0.147 bits per heavy atom. The monoisotopic (exact) mass is 2070 g/mol. The van der Waals surface area contributed by atoms with Gasteiger partial charge in [-0.1, -0.05) is 678 Å². The third-order valence-corrected chi connectivity index (χ3v) is 27.9. The number of carboxylic acid groups (broad SMARTS) is 7. The smallest absolute Gasteiger partial charge is 0.550 e. The zero-order valence-electron chi connectivity index (χ0n) is 97.4. The Morgan fingerprint density at radius 1 is 0.105 bits per heavy atom. The first kappa shape index (κ1) is 162. The Labute approximate surface area is 948 Å². The van der Waals surface area contributed by atoms with Crippen molar-refractivity contribution in [2.75, 3.05) is 0 Å². The number of unbranched alkanes of at least 4 members (excludes halogenated alkanes) is 98. The van der Waals surface area contributed by atoms with Crippen molar-refractivity contribution in [3.63, 3.8) is 0 Å². The van der Waals surface area contributed by atoms with Gasteiger partial charge in [0.05, 0.1) is 0 Å². The number of carbonyl (C=O) groups is 7. The molecule has 0 amide bonds. The van der Waals surface area contributed by atoms with Crippen molar-refractivity contribution < 1.29 is 69.3 Å². The van der Waals surface area contributed by atoms with Crippen molar-refractivity contribution in [3.8, 4) is 0 Å². The van der Waals surface area contributed by atoms with E-state index >= 15 is 0 Å². The van der Waals surface area contributed by atoms with Gasteiger partial charge in [0.2, 0.25) is 0 Å². The van der Waals surface area contributed by atoms with Crippen LogP contribution in [-0.4, -0.2) is 120 Å². The quantitative estimate of drug-likeness (QED) is 0.0404. The second kappa shape index (κ2) is 158. The van der Waals surface area contributed by atoms with Gasteiger partial charge in [-0.15, -0.1) is 0 Å². The van der Waals surface area contributed by atoms with Crippen molar-refractivity contribution in [1.82, 2.24) is 0 Å². The summed E-state index contributed by atoms with van der Waals surface area (Å²) in [6.45, 7) is 15.9. The van der Waals surface area contributed by atoms with Crippen LogP contribution in [0.2, 0.25) is 0 Å². The van der Waals surface area contributed by atoms with Crippen molar-refractivity contribution >= 4 is 120 Å². The van der Waals surface area contributed by atoms with E-state index in [-0.39, 0.29) is 123 Å². The summed E-state index contributed by atoms with van der Waals surface area (Å²) in [6, 6.07) is 0. The first-order valence-corrected chi connectivity index (χ1v) is 62.8. The van der Waals surface area contributed by atoms with Gasteiger partial charge in [0.15, 0.2) is 0 Å². The summed E-state index contributed by atoms with van der Waals surface area (Å²) in [5.74, 6) is -6.32. The summed E-state index contributed by atoms with van der Waals surface area (Å²) in [5.41, 5.74) is 0. The van der Waals surface area contributed by atoms with Gasteiger partial charge >= 0.3 is 78.2 Å². The van der Waals surface area contributed by atoms with Crippen LogP contribution < -0.4 is 35.7 Å². The molecule has 0 fully saturated rings. The molecule has 0 aromatic heterocycles. The molecular formula is C126H245AlCaMgO14. The van der Waals surface area contributed by atoms with E-state index in [4.69, 9.17) is 0 Å². The minimum atomic E-state index is -0.903. The summed E-state index contributed by atoms with van der Waals surface area (Å²) < 4.78 is 0. The van der Waals surface area contributed by atoms with Gasteiger partial charge in [0.1, 0.15) is 0 Å². The van der Waals surface area contributed by atoms with Gasteiger partial charge in [-0.05, 0) is 89.9 Å². The number of aliphatic carboxylic acids is 7. The molecule has 0 aromatic carbocycles. The molecule has 14 nitrogen and oxygen atoms in total. The second-order valence-electron chi connectivity index (χ2n) is 42.5. The largest absolute Gasteiger partial charge is 3.00 e. The van der Waals surface area contributed by atoms with E-state index in [1.54, 1.807) is 0 Å². The summed E-state index contributed by atoms with van der Waals surface area (Å²) in [4.78, 5) is 71.6. The maximum absolute atomic E-state index is 10.2. The molecule has 0 aliphatic carbocycles. The van der Waals surface area contributed by atoms with Crippen LogP contribution in [0.25, 0.3) is 0 Å². The van der Waals surface area contributed by atoms with Crippen molar-refractivity contribution in [2.24, 2.45) is 0 Å². The van der Waals surface area contributed by atoms with E-state index < -0.39 is 41.8 Å². The molecule has 0 saturated carbocycles. The Hall–Kier alpha value is -1.15. The molecule has 0 aromatic rings. The molecule has 0 unspecified atom stereocenters. The number of carbonyl (C=O) groups excluding carboxylic acids is 7. The molecule has 0 aliphatic rings. The normalized spacial score (nSPS) is 10.6. The van der Waals surface area contributed by atoms with E-state index in [0.717, 1.165) is 89.9 Å². The van der Waals surface area contributed by atoms with Crippen molar-refractivity contribution in [2.45, 2.75) is 768 Å². The SMILES string of the molecule is CCCCCCCCCCCCCCCCCC(=O)[O-].CCCCCCCCCCCCCCCCCC(=O)[O-].CCCCCCCCCCCCCCCCCC(=O)[O-].CCCCCCCCCCCCCCCCCC(=O)[O-].CCCCCCCCCCCCCCCCCC(=O)[O-].CCCCCCCCCCCCCCCCCC(=O)[O-].CCCCCCCCCCCCCCCCCC(=O)[O-].[Al+3].[Ca+2].[Mg+2]. The number of carboxylic acids is 7. The average Bonchev–Trinajstić information content (AvgIpc) is 1.11. The zero-order valence-corrected chi connectivity index (χ0v) is 102. The Kier molecular flexibility index (Phi) is 179. The van der Waals surface area contributed by atoms with E-state index in [1.165, 1.54) is 584 Å². The van der Waals surface area contributed by atoms with Crippen LogP contribution in [0.4, 0.5) is 0 Å². The summed E-state index contributed by atoms with van der Waals surface area (Å²) in [7, 11) is 0. The van der Waals surface area contributed by atoms with Crippen LogP contribution >= 0.6 is 0 Å². The Bertz CT molecular complexity index is 1870. The zero-order chi connectivity index (χ0) is 104. The number of hydrogen-bond acceptors (Lipinski definition) is 14. The molecular weight excluding hydrogens is 1830 g/mol. The third-order valence-electron chi connectivity index (χ3n) is 27.9. The van der Waals surface area contributed by atoms with Gasteiger partial charge in [0, 0.05) is 41.8 Å². The average molecular weight is 2080 g/mol. The van der Waals surface area contributed by atoms with Crippen LogP contribution in [-0.2, 0) is 33.6 Å². The topological polar surface area (TPSA) is 281 Å². The predicted octanol–water partition coefficient (Wildman–Crippen LogP) is 33.8. The molecule has 143 heavy (non-hydrogen) atoms. The second-order valence-corrected chi connectivity index (χ2v) is 42.5. The molecule has 0 radical (unpaired) electrons. The first-order chi connectivity index (χ1) is 68.4. The van der Waals surface area contributed by atoms with Gasteiger partial charge < -0.3 is 69.3 Å². The van der Waals surface area contributed by atoms with Gasteiger partial charge in [0.25, 0.3) is 0 Å². The van der Waals surface area contributed by atoms with Gasteiger partial charge in [-0.25, -0.2) is 0 Å². The van der Waals surface area contributed by atoms with Crippen LogP contribution in [0, 0.1) is 0 Å². The fourth-order valence-corrected chi connectivity index (χ4v) is 18.5. The van der Waals surface area contributed by atoms with Crippen LogP contribution in [0.5, 0.6) is 0 Å². The fourth-order valence-electron chi connectivity index (χ4n) is 18.5. The van der Waals surface area contributed by atoms with Crippen molar-refractivity contribution in [3.05, 3.63) is 0 Å². The first-order valence-electron chi connectivity index (χ1n) is 62.8. The number of hydrogen-bond donors (Lipinski definition) is 0. The third kappa shape index (κ3) is 196. The standard InChI is InChI=1S/7C18H36O2.Al.Ca.Mg/c7*1-2-3-4-5-6-7-8-9-10-11-12-13-14-15-16-17-18(19)20;;;/h7*2-17H2,1H3,(H,19,20);;;/q;;;;;;;+3;2*+2/p-7. The molecule has 0 atom stereocenters. The summed E-state index contributed by atoms with van der Waals surface area (Å²) in [5, 5.41) is 71.6. The molecule has 0 rings (SSSR count). The minimum absolute atomic E-state index is 0. The van der Waals surface area contributed by atoms with E-state index in [0.29, 0.717) is 0 Å². The van der Waals surface area contributed by atoms with Gasteiger partial charge in [-0.2, -0.15) is 0 Å². The fraction of sp³-hybridized carbons (Fsp3) is 0.944. The van der Waals surface area contributed by atoms with E-state index in [2.05, 4.69) is 48.5 Å². The van der Waals surface area contributed by atoms with Crippen LogP contribution in [0.1, 0.15) is 768 Å². The maximum Gasteiger partial charge on any atom is 3.00 e. The molecule has 17 heteroatoms. The Morgan fingerprint density at radius 3 is 0.189 bits per heavy atom. The molecule has 0 heterocycles. The summed E-state index contributed by atoms with van der Waals surface area (Å²) in [6.07, 6.45) is 139. The molecule has 0 saturated heterocycles. The molecule has 0 bridgehead atoms. The van der Waals surface area contributed by atoms with Gasteiger partial charge in [-0.3, -0.25) is 0 Å². The van der Waals surface area contributed by atoms with E-state index in [9.17, 15) is 69.3 Å². The minimum Gasteiger partial charge on any atom is -0.550 e. The molecule has 0 N–H and O–H groups in total.